The zero-order valence-corrected chi connectivity index (χ0v) is 35.2. The van der Waals surface area contributed by atoms with E-state index in [4.69, 9.17) is 9.47 Å². The van der Waals surface area contributed by atoms with E-state index >= 15 is 0 Å². The molecule has 1 aliphatic heterocycles. The van der Waals surface area contributed by atoms with Gasteiger partial charge in [0.05, 0.1) is 23.3 Å². The lowest BCUT2D eigenvalue weighted by atomic mass is 9.85. The van der Waals surface area contributed by atoms with Crippen LogP contribution in [0.4, 0.5) is 5.69 Å². The number of nitrogens with one attached hydrogen (secondary N) is 3. The van der Waals surface area contributed by atoms with Gasteiger partial charge in [0.15, 0.2) is 0 Å². The first-order valence-electron chi connectivity index (χ1n) is 21.2. The van der Waals surface area contributed by atoms with Crippen LogP contribution < -0.4 is 15.4 Å². The van der Waals surface area contributed by atoms with Crippen molar-refractivity contribution in [1.29, 1.82) is 0 Å². The molecule has 2 aliphatic rings. The molecule has 1 fully saturated rings. The minimum Gasteiger partial charge on any atom is -0.463 e. The second kappa shape index (κ2) is 21.8. The highest BCUT2D eigenvalue weighted by Gasteiger charge is 2.41. The van der Waals surface area contributed by atoms with Crippen molar-refractivity contribution in [1.82, 2.24) is 15.2 Å². The van der Waals surface area contributed by atoms with Gasteiger partial charge in [-0.3, -0.25) is 19.2 Å². The summed E-state index contributed by atoms with van der Waals surface area (Å²) in [6.45, 7) is 12.4. The molecule has 0 bridgehead atoms. The summed E-state index contributed by atoms with van der Waals surface area (Å²) in [4.78, 5) is 56.3. The van der Waals surface area contributed by atoms with E-state index in [9.17, 15) is 29.4 Å². The third kappa shape index (κ3) is 12.5. The highest BCUT2D eigenvalue weighted by molar-refractivity contribution is 6.35. The number of likely N-dealkylation sites (N-methyl/N-ethyl adjacent to an activating group) is 1. The van der Waals surface area contributed by atoms with E-state index in [1.165, 1.54) is 12.5 Å². The fraction of sp³-hybridized carbons (Fsp3) is 0.489. The number of benzene rings is 2. The molecule has 0 unspecified atom stereocenters. The highest BCUT2D eigenvalue weighted by Crippen LogP contribution is 2.39. The second-order valence-corrected chi connectivity index (χ2v) is 15.8. The predicted octanol–water partition coefficient (Wildman–Crippen LogP) is 6.92. The molecule has 2 heterocycles. The molecule has 3 aromatic rings. The molecule has 1 aromatic heterocycles. The number of aromatic amines is 1. The van der Waals surface area contributed by atoms with Crippen LogP contribution in [0.25, 0.3) is 11.6 Å². The van der Waals surface area contributed by atoms with Gasteiger partial charge in [-0.25, -0.2) is 0 Å². The molecule has 1 aliphatic carbocycles. The van der Waals surface area contributed by atoms with Gasteiger partial charge in [-0.05, 0) is 126 Å². The molecule has 59 heavy (non-hydrogen) atoms. The number of rotatable bonds is 21. The van der Waals surface area contributed by atoms with Crippen LogP contribution in [0.3, 0.4) is 0 Å². The lowest BCUT2D eigenvalue weighted by Crippen LogP contribution is -2.35. The van der Waals surface area contributed by atoms with Crippen molar-refractivity contribution in [3.05, 3.63) is 94.3 Å². The summed E-state index contributed by atoms with van der Waals surface area (Å²) in [5.41, 5.74) is 5.45. The van der Waals surface area contributed by atoms with Crippen molar-refractivity contribution in [2.75, 3.05) is 31.5 Å². The number of nitrogens with zero attached hydrogens (tertiary/aromatic N) is 1. The molecule has 0 radical (unpaired) electrons. The van der Waals surface area contributed by atoms with Crippen molar-refractivity contribution in [3.8, 4) is 5.75 Å². The van der Waals surface area contributed by atoms with E-state index in [0.29, 0.717) is 91.0 Å². The van der Waals surface area contributed by atoms with Crippen molar-refractivity contribution < 1.29 is 38.9 Å². The molecule has 5 atom stereocenters. The van der Waals surface area contributed by atoms with Crippen LogP contribution in [0, 0.1) is 25.7 Å². The Morgan fingerprint density at radius 3 is 2.47 bits per heavy atom. The van der Waals surface area contributed by atoms with Crippen molar-refractivity contribution >= 4 is 41.1 Å². The number of amides is 2. The smallest absolute Gasteiger partial charge is 0.311 e. The number of anilines is 1. The summed E-state index contributed by atoms with van der Waals surface area (Å²) in [5, 5.41) is 27.5. The average molecular weight is 811 g/mol. The summed E-state index contributed by atoms with van der Waals surface area (Å²) in [6, 6.07) is 15.1. The Balaban J connectivity index is 1.10. The molecule has 318 valence electrons. The molecular formula is C47H62N4O8. The molecule has 0 spiro atoms. The number of unbranched alkanes of at least 4 members (excludes halogenated alkanes) is 1. The van der Waals surface area contributed by atoms with Gasteiger partial charge in [0.1, 0.15) is 11.9 Å². The van der Waals surface area contributed by atoms with Crippen LogP contribution in [0.5, 0.6) is 5.75 Å². The number of carbonyl (C=O) groups excluding carboxylic acids is 4. The number of aryl methyl sites for hydroxylation is 2. The molecular weight excluding hydrogens is 749 g/mol. The zero-order valence-electron chi connectivity index (χ0n) is 35.2. The Morgan fingerprint density at radius 2 is 1.75 bits per heavy atom. The molecule has 1 saturated carbocycles. The van der Waals surface area contributed by atoms with E-state index in [0.717, 1.165) is 31.6 Å². The second-order valence-electron chi connectivity index (χ2n) is 15.8. The fourth-order valence-electron chi connectivity index (χ4n) is 8.40. The number of esters is 2. The monoisotopic (exact) mass is 810 g/mol. The van der Waals surface area contributed by atoms with E-state index in [2.05, 4.69) is 46.5 Å². The van der Waals surface area contributed by atoms with Crippen LogP contribution in [-0.2, 0) is 25.5 Å². The number of hydrogen-bond acceptors (Lipinski definition) is 9. The SMILES string of the molecule is CCN(CC)CCNC(=O)c1c(C)[nH]c(/C=C2\C(=O)Nc3ccc(OC(=O)CCC/C=C\C[C@@H]4[C@@H](CC[C@H](CCc5ccccc5)OC(C)=O)[C@H](O)C[C@@H]4O)cc32)c1C. The van der Waals surface area contributed by atoms with Crippen molar-refractivity contribution in [3.63, 3.8) is 0 Å². The van der Waals surface area contributed by atoms with Gasteiger partial charge in [0, 0.05) is 49.1 Å². The summed E-state index contributed by atoms with van der Waals surface area (Å²) in [6.07, 6.45) is 9.29. The number of H-pyrrole nitrogens is 1. The maximum Gasteiger partial charge on any atom is 0.311 e. The lowest BCUT2D eigenvalue weighted by Gasteiger charge is -2.25. The molecule has 12 heteroatoms. The maximum atomic E-state index is 13.1. The predicted molar refractivity (Wildman–Crippen MR) is 230 cm³/mol. The Hall–Kier alpha value is -5.04. The first kappa shape index (κ1) is 45.1. The molecule has 2 aromatic carbocycles. The summed E-state index contributed by atoms with van der Waals surface area (Å²) in [5.74, 6) is -1.06. The number of hydrogen-bond donors (Lipinski definition) is 5. The van der Waals surface area contributed by atoms with E-state index in [1.54, 1.807) is 24.3 Å². The van der Waals surface area contributed by atoms with Gasteiger partial charge < -0.3 is 40.2 Å². The van der Waals surface area contributed by atoms with Crippen LogP contribution in [0.2, 0.25) is 0 Å². The molecule has 0 saturated heterocycles. The standard InChI is InChI=1S/C47H62N4O8/c1-6-51(7-2)26-25-48-47(57)45-30(3)41(49-31(45)4)28-39-38-27-35(22-24-40(38)50-46(39)56)59-44(55)18-14-9-8-13-17-36-37(43(54)29-42(36)53)23-21-34(58-32(5)52)20-19-33-15-11-10-12-16-33/h8,10-13,15-16,22,24,27-28,34,36-37,42-43,49,53-54H,6-7,9,14,17-21,23,25-26,29H2,1-5H3,(H,48,57)(H,50,56)/b13-8-,39-28-/t34-,36+,37+,42-,43+/m0/s1. The summed E-state index contributed by atoms with van der Waals surface area (Å²) in [7, 11) is 0. The summed E-state index contributed by atoms with van der Waals surface area (Å²) >= 11 is 0. The van der Waals surface area contributed by atoms with E-state index < -0.39 is 18.2 Å². The van der Waals surface area contributed by atoms with Gasteiger partial charge in [0.2, 0.25) is 0 Å². The minimum atomic E-state index is -0.620. The van der Waals surface area contributed by atoms with Crippen LogP contribution in [0.1, 0.15) is 111 Å². The van der Waals surface area contributed by atoms with E-state index in [-0.39, 0.29) is 42.1 Å². The van der Waals surface area contributed by atoms with Crippen LogP contribution >= 0.6 is 0 Å². The highest BCUT2D eigenvalue weighted by atomic mass is 16.5. The van der Waals surface area contributed by atoms with Gasteiger partial charge in [-0.15, -0.1) is 0 Å². The van der Waals surface area contributed by atoms with E-state index in [1.807, 2.05) is 44.2 Å². The fourth-order valence-corrected chi connectivity index (χ4v) is 8.40. The molecule has 5 N–H and O–H groups in total. The summed E-state index contributed by atoms with van der Waals surface area (Å²) < 4.78 is 11.3. The Morgan fingerprint density at radius 1 is 1.00 bits per heavy atom. The van der Waals surface area contributed by atoms with Gasteiger partial charge in [-0.2, -0.15) is 0 Å². The topological polar surface area (TPSA) is 170 Å². The normalized spacial score (nSPS) is 19.9. The number of aliphatic hydroxyl groups excluding tert-OH is 2. The molecule has 5 rings (SSSR count). The Bertz CT molecular complexity index is 1970. The largest absolute Gasteiger partial charge is 0.463 e. The first-order chi connectivity index (χ1) is 28.4. The zero-order chi connectivity index (χ0) is 42.5. The number of fused-ring (bicyclic) bond motifs is 1. The molecule has 2 amide bonds. The third-order valence-corrected chi connectivity index (χ3v) is 11.7. The van der Waals surface area contributed by atoms with Gasteiger partial charge in [0.25, 0.3) is 11.8 Å². The van der Waals surface area contributed by atoms with Gasteiger partial charge in [-0.1, -0.05) is 56.3 Å². The quantitative estimate of drug-likeness (QED) is 0.0252. The van der Waals surface area contributed by atoms with Crippen LogP contribution in [-0.4, -0.2) is 88.3 Å². The molecule has 12 nitrogen and oxygen atoms in total. The Labute approximate surface area is 348 Å². The number of ether oxygens (including phenoxy) is 2. The number of carbonyl (C=O) groups is 4. The van der Waals surface area contributed by atoms with Crippen molar-refractivity contribution in [2.45, 2.75) is 111 Å². The van der Waals surface area contributed by atoms with Gasteiger partial charge >= 0.3 is 11.9 Å². The third-order valence-electron chi connectivity index (χ3n) is 11.7. The average Bonchev–Trinajstić information content (AvgIpc) is 3.78. The number of aromatic nitrogens is 1. The number of allylic oxidation sites excluding steroid dienone is 2. The van der Waals surface area contributed by atoms with Crippen molar-refractivity contribution in [2.24, 2.45) is 11.8 Å². The lowest BCUT2D eigenvalue weighted by molar-refractivity contribution is -0.147. The van der Waals surface area contributed by atoms with Crippen LogP contribution in [0.15, 0.2) is 60.7 Å². The first-order valence-corrected chi connectivity index (χ1v) is 21.2. The minimum absolute atomic E-state index is 0.111. The number of aliphatic hydroxyl groups is 2. The Kier molecular flexibility index (Phi) is 16.7. The maximum absolute atomic E-state index is 13.1.